The molecule has 0 saturated heterocycles. The summed E-state index contributed by atoms with van der Waals surface area (Å²) in [5.74, 6) is 0.0513. The van der Waals surface area contributed by atoms with E-state index in [1.807, 2.05) is 26.8 Å². The number of anilines is 1. The van der Waals surface area contributed by atoms with Crippen LogP contribution in [0.25, 0.3) is 11.3 Å². The van der Waals surface area contributed by atoms with Gasteiger partial charge in [0, 0.05) is 35.7 Å². The second-order valence-corrected chi connectivity index (χ2v) is 7.56. The highest BCUT2D eigenvalue weighted by Crippen LogP contribution is 2.37. The van der Waals surface area contributed by atoms with Gasteiger partial charge in [0.1, 0.15) is 5.75 Å². The van der Waals surface area contributed by atoms with Gasteiger partial charge < -0.3 is 15.7 Å². The van der Waals surface area contributed by atoms with Crippen molar-refractivity contribution in [2.24, 2.45) is 5.92 Å². The van der Waals surface area contributed by atoms with Gasteiger partial charge in [0.15, 0.2) is 0 Å². The van der Waals surface area contributed by atoms with Gasteiger partial charge in [-0.1, -0.05) is 26.7 Å². The molecule has 3 N–H and O–H groups in total. The van der Waals surface area contributed by atoms with E-state index in [2.05, 4.69) is 15.7 Å². The van der Waals surface area contributed by atoms with Gasteiger partial charge in [0.05, 0.1) is 11.4 Å². The molecule has 0 unspecified atom stereocenters. The Hall–Kier alpha value is -2.83. The number of nitrogens with one attached hydrogen (secondary N) is 2. The molecule has 0 aliphatic heterocycles. The van der Waals surface area contributed by atoms with Gasteiger partial charge >= 0.3 is 6.03 Å². The molecule has 1 aromatic carbocycles. The molecule has 1 heterocycles. The van der Waals surface area contributed by atoms with E-state index in [1.165, 1.54) is 10.7 Å². The Kier molecular flexibility index (Phi) is 6.02. The first-order valence-corrected chi connectivity index (χ1v) is 9.93. The topological polar surface area (TPSA) is 96.3 Å². The minimum atomic E-state index is -0.254. The average Bonchev–Trinajstić information content (AvgIpc) is 3.31. The van der Waals surface area contributed by atoms with Gasteiger partial charge in [-0.15, -0.1) is 0 Å². The number of hydrogen-bond acceptors (Lipinski definition) is 4. The fourth-order valence-electron chi connectivity index (χ4n) is 3.54. The Morgan fingerprint density at radius 2 is 1.96 bits per heavy atom. The quantitative estimate of drug-likeness (QED) is 0.723. The molecule has 1 saturated carbocycles. The third-order valence-corrected chi connectivity index (χ3v) is 5.10. The lowest BCUT2D eigenvalue weighted by Gasteiger charge is -2.11. The molecule has 0 radical (unpaired) electrons. The average molecular weight is 384 g/mol. The van der Waals surface area contributed by atoms with Crippen LogP contribution in [0.15, 0.2) is 24.3 Å². The summed E-state index contributed by atoms with van der Waals surface area (Å²) in [6.45, 7) is 6.01. The van der Waals surface area contributed by atoms with Crippen LogP contribution in [0.5, 0.6) is 5.75 Å². The number of carbonyl (C=O) groups excluding carboxylic acids is 2. The third-order valence-electron chi connectivity index (χ3n) is 5.10. The van der Waals surface area contributed by atoms with Crippen molar-refractivity contribution in [3.8, 4) is 17.0 Å². The van der Waals surface area contributed by atoms with Crippen LogP contribution >= 0.6 is 0 Å². The van der Waals surface area contributed by atoms with Crippen molar-refractivity contribution in [1.82, 2.24) is 15.1 Å². The second kappa shape index (κ2) is 8.46. The van der Waals surface area contributed by atoms with Crippen molar-refractivity contribution in [3.63, 3.8) is 0 Å². The van der Waals surface area contributed by atoms with Gasteiger partial charge in [0.2, 0.25) is 5.91 Å². The summed E-state index contributed by atoms with van der Waals surface area (Å²) in [4.78, 5) is 24.3. The van der Waals surface area contributed by atoms with Gasteiger partial charge in [-0.2, -0.15) is 9.78 Å². The fourth-order valence-corrected chi connectivity index (χ4v) is 3.54. The molecular weight excluding hydrogens is 356 g/mol. The van der Waals surface area contributed by atoms with Crippen LogP contribution in [-0.4, -0.2) is 33.4 Å². The Bertz CT molecular complexity index is 867. The lowest BCUT2D eigenvalue weighted by Crippen LogP contribution is -2.30. The molecule has 1 aromatic heterocycles. The first-order chi connectivity index (χ1) is 13.4. The SMILES string of the molecule is CCNC(=O)n1nc(-c2ccc(NC(=O)C(C)C)cc2O)cc1C1CCCC1. The molecule has 0 bridgehead atoms. The van der Waals surface area contributed by atoms with E-state index in [1.54, 1.807) is 12.1 Å². The molecule has 0 atom stereocenters. The van der Waals surface area contributed by atoms with E-state index in [-0.39, 0.29) is 23.6 Å². The second-order valence-electron chi connectivity index (χ2n) is 7.56. The van der Waals surface area contributed by atoms with Crippen molar-refractivity contribution >= 4 is 17.6 Å². The van der Waals surface area contributed by atoms with E-state index in [0.717, 1.165) is 31.4 Å². The monoisotopic (exact) mass is 384 g/mol. The highest BCUT2D eigenvalue weighted by Gasteiger charge is 2.25. The van der Waals surface area contributed by atoms with E-state index in [0.29, 0.717) is 29.4 Å². The number of benzene rings is 1. The predicted molar refractivity (Wildman–Crippen MR) is 108 cm³/mol. The summed E-state index contributed by atoms with van der Waals surface area (Å²) in [6.07, 6.45) is 4.37. The van der Waals surface area contributed by atoms with Crippen molar-refractivity contribution < 1.29 is 14.7 Å². The van der Waals surface area contributed by atoms with Crippen LogP contribution in [0.2, 0.25) is 0 Å². The summed E-state index contributed by atoms with van der Waals surface area (Å²) >= 11 is 0. The number of rotatable bonds is 5. The summed E-state index contributed by atoms with van der Waals surface area (Å²) in [5.41, 5.74) is 2.49. The molecule has 2 amide bonds. The van der Waals surface area contributed by atoms with Crippen molar-refractivity contribution in [1.29, 1.82) is 0 Å². The Labute approximate surface area is 165 Å². The molecular formula is C21H28N4O3. The molecule has 0 spiro atoms. The van der Waals surface area contributed by atoms with Crippen molar-refractivity contribution in [2.75, 3.05) is 11.9 Å². The molecule has 2 aromatic rings. The Morgan fingerprint density at radius 3 is 2.57 bits per heavy atom. The zero-order valence-electron chi connectivity index (χ0n) is 16.7. The van der Waals surface area contributed by atoms with Gasteiger partial charge in [0.25, 0.3) is 0 Å². The minimum absolute atomic E-state index is 0.0140. The van der Waals surface area contributed by atoms with Crippen LogP contribution in [0.3, 0.4) is 0 Å². The maximum Gasteiger partial charge on any atom is 0.342 e. The summed E-state index contributed by atoms with van der Waals surface area (Å²) < 4.78 is 1.43. The number of amides is 2. The number of carbonyl (C=O) groups is 2. The van der Waals surface area contributed by atoms with Gasteiger partial charge in [-0.25, -0.2) is 4.79 Å². The van der Waals surface area contributed by atoms with E-state index < -0.39 is 0 Å². The lowest BCUT2D eigenvalue weighted by atomic mass is 10.0. The molecule has 150 valence electrons. The van der Waals surface area contributed by atoms with Crippen LogP contribution in [-0.2, 0) is 4.79 Å². The molecule has 3 rings (SSSR count). The number of aromatic nitrogens is 2. The summed E-state index contributed by atoms with van der Waals surface area (Å²) in [7, 11) is 0. The van der Waals surface area contributed by atoms with E-state index >= 15 is 0 Å². The first-order valence-electron chi connectivity index (χ1n) is 9.93. The molecule has 7 nitrogen and oxygen atoms in total. The maximum atomic E-state index is 12.5. The largest absolute Gasteiger partial charge is 0.507 e. The van der Waals surface area contributed by atoms with Crippen LogP contribution < -0.4 is 10.6 Å². The van der Waals surface area contributed by atoms with Crippen LogP contribution in [0.4, 0.5) is 10.5 Å². The zero-order chi connectivity index (χ0) is 20.3. The molecule has 1 aliphatic carbocycles. The molecule has 28 heavy (non-hydrogen) atoms. The number of hydrogen-bond donors (Lipinski definition) is 3. The molecule has 1 fully saturated rings. The Morgan fingerprint density at radius 1 is 1.25 bits per heavy atom. The minimum Gasteiger partial charge on any atom is -0.507 e. The number of phenolic OH excluding ortho intramolecular Hbond substituents is 1. The number of aromatic hydroxyl groups is 1. The van der Waals surface area contributed by atoms with Gasteiger partial charge in [-0.3, -0.25) is 4.79 Å². The fraction of sp³-hybridized carbons (Fsp3) is 0.476. The number of nitrogens with zero attached hydrogens (tertiary/aromatic N) is 2. The Balaban J connectivity index is 1.93. The van der Waals surface area contributed by atoms with Crippen molar-refractivity contribution in [3.05, 3.63) is 30.0 Å². The maximum absolute atomic E-state index is 12.5. The predicted octanol–water partition coefficient (Wildman–Crippen LogP) is 4.09. The molecule has 1 aliphatic rings. The zero-order valence-corrected chi connectivity index (χ0v) is 16.7. The van der Waals surface area contributed by atoms with Crippen LogP contribution in [0, 0.1) is 5.92 Å². The molecule has 7 heteroatoms. The highest BCUT2D eigenvalue weighted by molar-refractivity contribution is 5.92. The van der Waals surface area contributed by atoms with Crippen LogP contribution in [0.1, 0.15) is 58.1 Å². The number of phenols is 1. The standard InChI is InChI=1S/C21H28N4O3/c1-4-22-21(28)25-18(14-7-5-6-8-14)12-17(24-25)16-10-9-15(11-19(16)26)23-20(27)13(2)3/h9-14,26H,4-8H2,1-3H3,(H,22,28)(H,23,27). The summed E-state index contributed by atoms with van der Waals surface area (Å²) in [6, 6.07) is 6.60. The van der Waals surface area contributed by atoms with Crippen molar-refractivity contribution in [2.45, 2.75) is 52.4 Å². The van der Waals surface area contributed by atoms with E-state index in [9.17, 15) is 14.7 Å². The van der Waals surface area contributed by atoms with E-state index in [4.69, 9.17) is 0 Å². The highest BCUT2D eigenvalue weighted by atomic mass is 16.3. The lowest BCUT2D eigenvalue weighted by molar-refractivity contribution is -0.118. The van der Waals surface area contributed by atoms with Gasteiger partial charge in [-0.05, 0) is 38.0 Å². The normalized spacial score (nSPS) is 14.4. The smallest absolute Gasteiger partial charge is 0.342 e. The summed E-state index contributed by atoms with van der Waals surface area (Å²) in [5, 5.41) is 20.5. The third kappa shape index (κ3) is 4.18. The first kappa shape index (κ1) is 19.9.